The third-order valence-electron chi connectivity index (χ3n) is 4.03. The van der Waals surface area contributed by atoms with Crippen molar-refractivity contribution in [1.29, 1.82) is 0 Å². The Morgan fingerprint density at radius 2 is 1.89 bits per heavy atom. The highest BCUT2D eigenvalue weighted by atomic mass is 32.2. The lowest BCUT2D eigenvalue weighted by Gasteiger charge is -2.29. The molecular weight excluding hydrogens is 266 g/mol. The molecule has 0 saturated carbocycles. The van der Waals surface area contributed by atoms with E-state index in [4.69, 9.17) is 4.52 Å². The van der Waals surface area contributed by atoms with E-state index in [1.54, 1.807) is 13.8 Å². The lowest BCUT2D eigenvalue weighted by molar-refractivity contribution is 0.345. The number of aromatic nitrogens is 1. The molecule has 7 heteroatoms. The van der Waals surface area contributed by atoms with Crippen molar-refractivity contribution in [3.63, 3.8) is 0 Å². The fourth-order valence-corrected chi connectivity index (χ4v) is 4.88. The van der Waals surface area contributed by atoms with Crippen molar-refractivity contribution >= 4 is 10.0 Å². The highest BCUT2D eigenvalue weighted by Gasteiger charge is 2.36. The van der Waals surface area contributed by atoms with Crippen LogP contribution in [0.15, 0.2) is 9.42 Å². The number of nitrogens with one attached hydrogen (secondary N) is 2. The predicted octanol–water partition coefficient (Wildman–Crippen LogP) is 0.853. The van der Waals surface area contributed by atoms with Crippen molar-refractivity contribution in [2.45, 2.75) is 62.6 Å². The average molecular weight is 285 g/mol. The fourth-order valence-electron chi connectivity index (χ4n) is 3.29. The molecule has 19 heavy (non-hydrogen) atoms. The van der Waals surface area contributed by atoms with Crippen molar-refractivity contribution in [1.82, 2.24) is 15.2 Å². The van der Waals surface area contributed by atoms with Crippen molar-refractivity contribution in [2.75, 3.05) is 0 Å². The number of piperidine rings is 1. The van der Waals surface area contributed by atoms with Crippen molar-refractivity contribution in [3.8, 4) is 0 Å². The topological polar surface area (TPSA) is 84.2 Å². The van der Waals surface area contributed by atoms with Crippen LogP contribution in [0.2, 0.25) is 0 Å². The first-order chi connectivity index (χ1) is 8.95. The lowest BCUT2D eigenvalue weighted by atomic mass is 10.0. The van der Waals surface area contributed by atoms with Gasteiger partial charge in [0.2, 0.25) is 10.0 Å². The third-order valence-corrected chi connectivity index (χ3v) is 5.80. The number of nitrogens with zero attached hydrogens (tertiary/aromatic N) is 1. The first-order valence-electron chi connectivity index (χ1n) is 6.67. The number of rotatable bonds is 3. The molecule has 0 amide bonds. The SMILES string of the molecule is Cc1noc(C)c1S(=O)(=O)NC1CC2CCC(C1)N2. The molecule has 1 aromatic rings. The van der Waals surface area contributed by atoms with E-state index in [2.05, 4.69) is 15.2 Å². The molecule has 0 aromatic carbocycles. The van der Waals surface area contributed by atoms with Gasteiger partial charge in [0.1, 0.15) is 10.6 Å². The van der Waals surface area contributed by atoms with Crippen LogP contribution in [0.25, 0.3) is 0 Å². The third kappa shape index (κ3) is 2.42. The summed E-state index contributed by atoms with van der Waals surface area (Å²) in [7, 11) is -3.53. The second-order valence-electron chi connectivity index (χ2n) is 5.58. The normalized spacial score (nSPS) is 30.7. The quantitative estimate of drug-likeness (QED) is 0.860. The Kier molecular flexibility index (Phi) is 3.15. The van der Waals surface area contributed by atoms with E-state index >= 15 is 0 Å². The van der Waals surface area contributed by atoms with Crippen LogP contribution < -0.4 is 10.0 Å². The summed E-state index contributed by atoms with van der Waals surface area (Å²) in [5.74, 6) is 0.349. The zero-order chi connectivity index (χ0) is 13.6. The number of aryl methyl sites for hydroxylation is 2. The molecule has 3 rings (SSSR count). The van der Waals surface area contributed by atoms with Gasteiger partial charge in [-0.3, -0.25) is 0 Å². The van der Waals surface area contributed by atoms with Crippen LogP contribution in [0.3, 0.4) is 0 Å². The van der Waals surface area contributed by atoms with Gasteiger partial charge in [-0.2, -0.15) is 0 Å². The zero-order valence-electron chi connectivity index (χ0n) is 11.1. The van der Waals surface area contributed by atoms with E-state index in [-0.39, 0.29) is 10.9 Å². The van der Waals surface area contributed by atoms with Gasteiger partial charge in [-0.05, 0) is 39.5 Å². The molecule has 6 nitrogen and oxygen atoms in total. The Balaban J connectivity index is 1.79. The van der Waals surface area contributed by atoms with Crippen molar-refractivity contribution in [3.05, 3.63) is 11.5 Å². The zero-order valence-corrected chi connectivity index (χ0v) is 12.0. The minimum atomic E-state index is -3.53. The molecule has 2 saturated heterocycles. The molecule has 0 radical (unpaired) electrons. The summed E-state index contributed by atoms with van der Waals surface area (Å²) in [4.78, 5) is 0.193. The Morgan fingerprint density at radius 3 is 2.42 bits per heavy atom. The van der Waals surface area contributed by atoms with Gasteiger partial charge >= 0.3 is 0 Å². The van der Waals surface area contributed by atoms with E-state index in [0.717, 1.165) is 25.7 Å². The van der Waals surface area contributed by atoms with Gasteiger partial charge in [-0.1, -0.05) is 5.16 Å². The van der Waals surface area contributed by atoms with Gasteiger partial charge in [0.15, 0.2) is 5.76 Å². The Morgan fingerprint density at radius 1 is 1.26 bits per heavy atom. The monoisotopic (exact) mass is 285 g/mol. The molecule has 2 aliphatic rings. The van der Waals surface area contributed by atoms with E-state index < -0.39 is 10.0 Å². The van der Waals surface area contributed by atoms with E-state index in [9.17, 15) is 8.42 Å². The van der Waals surface area contributed by atoms with Crippen molar-refractivity contribution < 1.29 is 12.9 Å². The van der Waals surface area contributed by atoms with E-state index in [0.29, 0.717) is 23.5 Å². The van der Waals surface area contributed by atoms with Gasteiger partial charge in [0.05, 0.1) is 0 Å². The molecule has 2 aliphatic heterocycles. The molecule has 106 valence electrons. The van der Waals surface area contributed by atoms with E-state index in [1.807, 2.05) is 0 Å². The maximum Gasteiger partial charge on any atom is 0.246 e. The maximum atomic E-state index is 12.4. The summed E-state index contributed by atoms with van der Waals surface area (Å²) in [6.45, 7) is 3.28. The summed E-state index contributed by atoms with van der Waals surface area (Å²) < 4.78 is 32.6. The summed E-state index contributed by atoms with van der Waals surface area (Å²) in [5, 5.41) is 7.21. The first-order valence-corrected chi connectivity index (χ1v) is 8.15. The van der Waals surface area contributed by atoms with Crippen LogP contribution in [0.4, 0.5) is 0 Å². The molecule has 0 aliphatic carbocycles. The van der Waals surface area contributed by atoms with Gasteiger partial charge < -0.3 is 9.84 Å². The maximum absolute atomic E-state index is 12.4. The van der Waals surface area contributed by atoms with E-state index in [1.165, 1.54) is 0 Å². The highest BCUT2D eigenvalue weighted by molar-refractivity contribution is 7.89. The Labute approximate surface area is 113 Å². The summed E-state index contributed by atoms with van der Waals surface area (Å²) in [5.41, 5.74) is 0.418. The smallest absolute Gasteiger partial charge is 0.246 e. The largest absolute Gasteiger partial charge is 0.360 e. The van der Waals surface area contributed by atoms with Gasteiger partial charge in [0.25, 0.3) is 0 Å². The number of fused-ring (bicyclic) bond motifs is 2. The van der Waals surface area contributed by atoms with Gasteiger partial charge in [-0.25, -0.2) is 13.1 Å². The minimum absolute atomic E-state index is 0.0115. The average Bonchev–Trinajstić information content (AvgIpc) is 2.82. The molecule has 2 bridgehead atoms. The lowest BCUT2D eigenvalue weighted by Crippen LogP contribution is -2.48. The Hall–Kier alpha value is -0.920. The molecule has 2 fully saturated rings. The number of hydrogen-bond acceptors (Lipinski definition) is 5. The van der Waals surface area contributed by atoms with Crippen LogP contribution in [0.5, 0.6) is 0 Å². The Bertz CT molecular complexity index is 550. The molecule has 2 atom stereocenters. The second kappa shape index (κ2) is 4.57. The number of hydrogen-bond donors (Lipinski definition) is 2. The first kappa shape index (κ1) is 13.1. The number of sulfonamides is 1. The molecule has 1 aromatic heterocycles. The molecular formula is C12H19N3O3S. The molecule has 3 heterocycles. The van der Waals surface area contributed by atoms with Crippen LogP contribution >= 0.6 is 0 Å². The van der Waals surface area contributed by atoms with Crippen molar-refractivity contribution in [2.24, 2.45) is 0 Å². The summed E-state index contributed by atoms with van der Waals surface area (Å²) in [6, 6.07) is 0.921. The summed E-state index contributed by atoms with van der Waals surface area (Å²) >= 11 is 0. The predicted molar refractivity (Wildman–Crippen MR) is 69.3 cm³/mol. The molecule has 2 unspecified atom stereocenters. The molecule has 0 spiro atoms. The standard InChI is InChI=1S/C12H19N3O3S/c1-7-12(8(2)18-14-7)19(16,17)15-11-5-9-3-4-10(6-11)13-9/h9-11,13,15H,3-6H2,1-2H3. The van der Waals surface area contributed by atoms with Crippen LogP contribution in [0, 0.1) is 13.8 Å². The fraction of sp³-hybridized carbons (Fsp3) is 0.750. The highest BCUT2D eigenvalue weighted by Crippen LogP contribution is 2.28. The van der Waals surface area contributed by atoms with Crippen LogP contribution in [-0.4, -0.2) is 31.7 Å². The van der Waals surface area contributed by atoms with Gasteiger partial charge in [-0.15, -0.1) is 0 Å². The second-order valence-corrected chi connectivity index (χ2v) is 7.23. The van der Waals surface area contributed by atoms with Crippen LogP contribution in [-0.2, 0) is 10.0 Å². The van der Waals surface area contributed by atoms with Gasteiger partial charge in [0, 0.05) is 18.1 Å². The summed E-state index contributed by atoms with van der Waals surface area (Å²) in [6.07, 6.45) is 4.01. The molecule has 2 N–H and O–H groups in total. The van der Waals surface area contributed by atoms with Crippen LogP contribution in [0.1, 0.15) is 37.1 Å². The minimum Gasteiger partial charge on any atom is -0.360 e.